The third kappa shape index (κ3) is 6.31. The summed E-state index contributed by atoms with van der Waals surface area (Å²) in [7, 11) is -1.35. The van der Waals surface area contributed by atoms with Crippen molar-refractivity contribution in [2.24, 2.45) is 0 Å². The van der Waals surface area contributed by atoms with E-state index in [0.29, 0.717) is 6.61 Å². The zero-order valence-corrected chi connectivity index (χ0v) is 7.20. The molecular weight excluding hydrogens is 120 g/mol. The number of rotatable bonds is 2. The minimum Gasteiger partial charge on any atom is -0.396 e. The second-order valence-electron chi connectivity index (χ2n) is 4.40. The van der Waals surface area contributed by atoms with Gasteiger partial charge in [0.1, 0.15) is 0 Å². The summed E-state index contributed by atoms with van der Waals surface area (Å²) in [5.74, 6) is 0.992. The van der Waals surface area contributed by atoms with Crippen molar-refractivity contribution < 1.29 is 5.11 Å². The van der Waals surface area contributed by atoms with Gasteiger partial charge in [0.05, 0.1) is 0 Å². The maximum absolute atomic E-state index is 8.60. The van der Waals surface area contributed by atoms with Crippen molar-refractivity contribution >= 4 is 9.16 Å². The van der Waals surface area contributed by atoms with Gasteiger partial charge in [0, 0.05) is 6.61 Å². The Bertz CT molecular complexity index is 71.0. The van der Waals surface area contributed by atoms with Crippen molar-refractivity contribution in [3.8, 4) is 0 Å². The topological polar surface area (TPSA) is 20.2 Å². The Morgan fingerprint density at radius 1 is 1.12 bits per heavy atom. The van der Waals surface area contributed by atoms with Crippen LogP contribution in [0.2, 0.25) is 0 Å². The van der Waals surface area contributed by atoms with Crippen LogP contribution in [0.25, 0.3) is 0 Å². The normalized spacial score (nSPS) is 17.4. The van der Waals surface area contributed by atoms with Crippen LogP contribution in [-0.2, 0) is 0 Å². The molecule has 0 fully saturated rings. The van der Waals surface area contributed by atoms with Gasteiger partial charge in [-0.05, 0) is 30.8 Å². The summed E-state index contributed by atoms with van der Waals surface area (Å²) < 4.78 is 0. The molecular formula is C6H18OS. The van der Waals surface area contributed by atoms with E-state index in [0.717, 1.165) is 5.75 Å². The van der Waals surface area contributed by atoms with Crippen LogP contribution in [0, 0.1) is 0 Å². The molecule has 0 saturated carbocycles. The van der Waals surface area contributed by atoms with E-state index in [-0.39, 0.29) is 0 Å². The van der Waals surface area contributed by atoms with Crippen LogP contribution in [0.3, 0.4) is 0 Å². The maximum Gasteiger partial charge on any atom is 0.0493 e. The summed E-state index contributed by atoms with van der Waals surface area (Å²) in [5, 5.41) is 8.60. The van der Waals surface area contributed by atoms with Gasteiger partial charge in [-0.15, -0.1) is 0 Å². The molecule has 0 spiro atoms. The van der Waals surface area contributed by atoms with E-state index in [1.165, 1.54) is 0 Å². The molecule has 1 nitrogen and oxygen atoms in total. The highest BCUT2D eigenvalue weighted by atomic mass is 32.3. The van der Waals surface area contributed by atoms with Gasteiger partial charge in [-0.2, -0.15) is 0 Å². The molecule has 0 aromatic rings. The lowest BCUT2D eigenvalue weighted by atomic mass is 10.9. The number of aliphatic hydroxyl groups excluding tert-OH is 1. The molecule has 0 atom stereocenters. The number of hydrogen-bond donors (Lipinski definition) is 2. The summed E-state index contributed by atoms with van der Waals surface area (Å²) in [4.78, 5) is 0. The van der Waals surface area contributed by atoms with E-state index in [1.54, 1.807) is 0 Å². The fourth-order valence-corrected chi connectivity index (χ4v) is 1.20. The van der Waals surface area contributed by atoms with Gasteiger partial charge in [-0.25, -0.2) is 0 Å². The molecule has 0 aliphatic heterocycles. The third-order valence-corrected chi connectivity index (χ3v) is 2.98. The van der Waals surface area contributed by atoms with Crippen LogP contribution >= 0.6 is 9.16 Å². The lowest BCUT2D eigenvalue weighted by Gasteiger charge is -2.46. The summed E-state index contributed by atoms with van der Waals surface area (Å²) in [6.07, 6.45) is 9.06. The molecule has 0 aliphatic carbocycles. The van der Waals surface area contributed by atoms with E-state index in [4.69, 9.17) is 5.11 Å². The lowest BCUT2D eigenvalue weighted by molar-refractivity contribution is 0.321. The highest BCUT2D eigenvalue weighted by molar-refractivity contribution is 8.47. The van der Waals surface area contributed by atoms with Crippen molar-refractivity contribution in [2.45, 2.75) is 0 Å². The molecule has 2 heteroatoms. The van der Waals surface area contributed by atoms with Gasteiger partial charge in [-0.1, -0.05) is 0 Å². The van der Waals surface area contributed by atoms with Crippen molar-refractivity contribution in [3.05, 3.63) is 0 Å². The molecule has 0 saturated heterocycles. The first-order chi connectivity index (χ1) is 3.31. The van der Waals surface area contributed by atoms with Crippen molar-refractivity contribution in [1.82, 2.24) is 0 Å². The summed E-state index contributed by atoms with van der Waals surface area (Å²) in [6, 6.07) is 0. The Balaban J connectivity index is 3.73. The smallest absolute Gasteiger partial charge is 0.0493 e. The Hall–Kier alpha value is 0.310. The van der Waals surface area contributed by atoms with E-state index in [9.17, 15) is 0 Å². The Morgan fingerprint density at radius 2 is 1.50 bits per heavy atom. The standard InChI is InChI=1S/C6H18OS/c1-8(2,3,4)6-5-7/h7-8H,5-6H2,1-4H3. The molecule has 54 valence electrons. The Labute approximate surface area is 52.4 Å². The highest BCUT2D eigenvalue weighted by Crippen LogP contribution is 2.54. The van der Waals surface area contributed by atoms with Gasteiger partial charge >= 0.3 is 0 Å². The molecule has 0 aromatic heterocycles. The molecule has 8 heavy (non-hydrogen) atoms. The molecule has 0 aromatic carbocycles. The number of thiol groups is 1. The van der Waals surface area contributed by atoms with Crippen molar-refractivity contribution in [3.63, 3.8) is 0 Å². The molecule has 0 bridgehead atoms. The first kappa shape index (κ1) is 8.31. The molecule has 0 radical (unpaired) electrons. The third-order valence-electron chi connectivity index (χ3n) is 0.994. The predicted octanol–water partition coefficient (Wildman–Crippen LogP) is 0.571. The molecule has 1 N–H and O–H groups in total. The molecule has 0 unspecified atom stereocenters. The minimum absolute atomic E-state index is 0.345. The number of aliphatic hydroxyl groups is 1. The average Bonchev–Trinajstić information content (AvgIpc) is 1.25. The molecule has 0 amide bonds. The second kappa shape index (κ2) is 1.92. The predicted molar refractivity (Wildman–Crippen MR) is 44.6 cm³/mol. The molecule has 0 aliphatic rings. The summed E-state index contributed by atoms with van der Waals surface area (Å²) in [5.41, 5.74) is 0. The van der Waals surface area contributed by atoms with Gasteiger partial charge in [0.15, 0.2) is 0 Å². The van der Waals surface area contributed by atoms with E-state index in [1.807, 2.05) is 0 Å². The monoisotopic (exact) mass is 138 g/mol. The minimum atomic E-state index is -1.35. The first-order valence-corrected chi connectivity index (χ1v) is 7.13. The fourth-order valence-electron chi connectivity index (χ4n) is 0.400. The Kier molecular flexibility index (Phi) is 2.00. The van der Waals surface area contributed by atoms with Gasteiger partial charge in [0.25, 0.3) is 0 Å². The highest BCUT2D eigenvalue weighted by Gasteiger charge is 2.16. The van der Waals surface area contributed by atoms with Crippen LogP contribution in [0.4, 0.5) is 0 Å². The fraction of sp³-hybridized carbons (Fsp3) is 1.00. The van der Waals surface area contributed by atoms with E-state index >= 15 is 0 Å². The zero-order valence-electron chi connectivity index (χ0n) is 6.31. The van der Waals surface area contributed by atoms with Crippen molar-refractivity contribution in [1.29, 1.82) is 0 Å². The zero-order chi connectivity index (χ0) is 6.86. The second-order valence-corrected chi connectivity index (χ2v) is 12.7. The maximum atomic E-state index is 8.60. The van der Waals surface area contributed by atoms with Crippen LogP contribution in [0.5, 0.6) is 0 Å². The van der Waals surface area contributed by atoms with Gasteiger partial charge < -0.3 is 5.11 Å². The lowest BCUT2D eigenvalue weighted by Crippen LogP contribution is -2.17. The Morgan fingerprint density at radius 3 is 1.50 bits per heavy atom. The van der Waals surface area contributed by atoms with E-state index in [2.05, 4.69) is 25.0 Å². The molecule has 0 heterocycles. The van der Waals surface area contributed by atoms with Crippen LogP contribution in [0.1, 0.15) is 0 Å². The number of hydrogen-bond acceptors (Lipinski definition) is 1. The van der Waals surface area contributed by atoms with Crippen LogP contribution in [-0.4, -0.2) is 42.5 Å². The SMILES string of the molecule is C[SH](C)(C)(C)CCO. The quantitative estimate of drug-likeness (QED) is 0.535. The van der Waals surface area contributed by atoms with Crippen molar-refractivity contribution in [2.75, 3.05) is 37.4 Å². The summed E-state index contributed by atoms with van der Waals surface area (Å²) in [6.45, 7) is 0.345. The largest absolute Gasteiger partial charge is 0.396 e. The van der Waals surface area contributed by atoms with E-state index < -0.39 is 9.16 Å². The first-order valence-electron chi connectivity index (χ1n) is 2.92. The van der Waals surface area contributed by atoms with Crippen LogP contribution < -0.4 is 0 Å². The average molecular weight is 138 g/mol. The van der Waals surface area contributed by atoms with Gasteiger partial charge in [0.2, 0.25) is 0 Å². The molecule has 0 rings (SSSR count). The summed E-state index contributed by atoms with van der Waals surface area (Å²) >= 11 is 0. The van der Waals surface area contributed by atoms with Crippen LogP contribution in [0.15, 0.2) is 0 Å². The van der Waals surface area contributed by atoms with Gasteiger partial charge in [-0.3, -0.25) is 9.16 Å².